The van der Waals surface area contributed by atoms with E-state index in [1.807, 2.05) is 49.4 Å². The molecule has 3 aromatic rings. The monoisotopic (exact) mass is 401 g/mol. The summed E-state index contributed by atoms with van der Waals surface area (Å²) in [4.78, 5) is 15.5. The molecule has 0 aliphatic carbocycles. The average molecular weight is 401 g/mol. The Morgan fingerprint density at radius 3 is 2.46 bits per heavy atom. The molecule has 0 aliphatic rings. The largest absolute Gasteiger partial charge is 0.493 e. The zero-order valence-electron chi connectivity index (χ0n) is 15.9. The van der Waals surface area contributed by atoms with Gasteiger partial charge in [-0.2, -0.15) is 0 Å². The van der Waals surface area contributed by atoms with Crippen molar-refractivity contribution in [1.29, 1.82) is 0 Å². The lowest BCUT2D eigenvalue weighted by Gasteiger charge is -2.11. The normalized spacial score (nSPS) is 12.1. The predicted molar refractivity (Wildman–Crippen MR) is 109 cm³/mol. The molecule has 1 atom stereocenters. The van der Waals surface area contributed by atoms with Crippen LogP contribution in [0.3, 0.4) is 0 Å². The van der Waals surface area contributed by atoms with Gasteiger partial charge >= 0.3 is 5.97 Å². The smallest absolute Gasteiger partial charge is 0.333 e. The van der Waals surface area contributed by atoms with Crippen LogP contribution in [0.2, 0.25) is 0 Å². The first kappa shape index (κ1) is 20.1. The Balaban J connectivity index is 1.40. The highest BCUT2D eigenvalue weighted by Gasteiger charge is 2.16. The van der Waals surface area contributed by atoms with Crippen molar-refractivity contribution in [2.24, 2.45) is 0 Å². The van der Waals surface area contributed by atoms with Gasteiger partial charge in [-0.3, -0.25) is 0 Å². The number of aryl methyl sites for hydroxylation is 1. The Hall–Kier alpha value is -2.64. The Morgan fingerprint density at radius 1 is 1.11 bits per heavy atom. The number of hydrogen-bond acceptors (Lipinski definition) is 6. The second-order valence-electron chi connectivity index (χ2n) is 6.32. The minimum atomic E-state index is -0.966. The Morgan fingerprint density at radius 2 is 1.79 bits per heavy atom. The summed E-state index contributed by atoms with van der Waals surface area (Å²) in [6, 6.07) is 13.3. The van der Waals surface area contributed by atoms with E-state index >= 15 is 0 Å². The number of methoxy groups -OCH3 is 1. The standard InChI is InChI=1S/C21H23NO5S/c1-14-22-18-13-17(8-9-20(18)28-14)27-11-3-10-26-16-6-4-15(5-7-16)12-19(25-2)21(23)24/h4-9,13,19H,3,10-12H2,1-2H3,(H,23,24). The molecule has 0 radical (unpaired) electrons. The molecule has 1 N–H and O–H groups in total. The molecule has 1 unspecified atom stereocenters. The molecule has 0 amide bonds. The Bertz CT molecular complexity index is 922. The van der Waals surface area contributed by atoms with Gasteiger partial charge in [-0.1, -0.05) is 12.1 Å². The second-order valence-corrected chi connectivity index (χ2v) is 7.56. The summed E-state index contributed by atoms with van der Waals surface area (Å²) in [5.74, 6) is 0.590. The van der Waals surface area contributed by atoms with Gasteiger partial charge in [0.25, 0.3) is 0 Å². The first-order valence-corrected chi connectivity index (χ1v) is 9.84. The number of aromatic nitrogens is 1. The van der Waals surface area contributed by atoms with Gasteiger partial charge < -0.3 is 19.3 Å². The molecule has 2 aromatic carbocycles. The summed E-state index contributed by atoms with van der Waals surface area (Å²) in [6.45, 7) is 3.09. The SMILES string of the molecule is COC(Cc1ccc(OCCCOc2ccc3sc(C)nc3c2)cc1)C(=O)O. The van der Waals surface area contributed by atoms with E-state index in [1.54, 1.807) is 11.3 Å². The van der Waals surface area contributed by atoms with Crippen LogP contribution in [0, 0.1) is 6.92 Å². The number of rotatable bonds is 10. The molecule has 0 saturated carbocycles. The number of benzene rings is 2. The zero-order chi connectivity index (χ0) is 19.9. The van der Waals surface area contributed by atoms with Crippen molar-refractivity contribution in [3.8, 4) is 11.5 Å². The molecule has 0 bridgehead atoms. The van der Waals surface area contributed by atoms with Crippen LogP contribution in [0.25, 0.3) is 10.2 Å². The molecule has 28 heavy (non-hydrogen) atoms. The Kier molecular flexibility index (Phi) is 6.84. The van der Waals surface area contributed by atoms with Gasteiger partial charge in [0.15, 0.2) is 6.10 Å². The fourth-order valence-corrected chi connectivity index (χ4v) is 3.57. The van der Waals surface area contributed by atoms with Crippen molar-refractivity contribution >= 4 is 27.5 Å². The first-order valence-electron chi connectivity index (χ1n) is 9.02. The molecule has 3 rings (SSSR count). The molecule has 7 heteroatoms. The molecule has 0 aliphatic heterocycles. The second kappa shape index (κ2) is 9.52. The topological polar surface area (TPSA) is 77.9 Å². The van der Waals surface area contributed by atoms with E-state index in [4.69, 9.17) is 19.3 Å². The van der Waals surface area contributed by atoms with Gasteiger partial charge in [0.1, 0.15) is 11.5 Å². The minimum absolute atomic E-state index is 0.322. The van der Waals surface area contributed by atoms with Gasteiger partial charge in [0, 0.05) is 26.0 Å². The molecule has 1 aromatic heterocycles. The quantitative estimate of drug-likeness (QED) is 0.516. The van der Waals surface area contributed by atoms with Crippen molar-refractivity contribution in [2.75, 3.05) is 20.3 Å². The molecule has 148 valence electrons. The zero-order valence-corrected chi connectivity index (χ0v) is 16.7. The third kappa shape index (κ3) is 5.43. The minimum Gasteiger partial charge on any atom is -0.493 e. The Labute approximate surface area is 167 Å². The summed E-state index contributed by atoms with van der Waals surface area (Å²) in [5.41, 5.74) is 1.85. The van der Waals surface area contributed by atoms with Crippen LogP contribution in [0.15, 0.2) is 42.5 Å². The lowest BCUT2D eigenvalue weighted by molar-refractivity contribution is -0.148. The molecular weight excluding hydrogens is 378 g/mol. The van der Waals surface area contributed by atoms with Gasteiger partial charge in [0.05, 0.1) is 28.4 Å². The summed E-state index contributed by atoms with van der Waals surface area (Å²) < 4.78 is 17.6. The van der Waals surface area contributed by atoms with Gasteiger partial charge in [0.2, 0.25) is 0 Å². The van der Waals surface area contributed by atoms with E-state index in [-0.39, 0.29) is 0 Å². The highest BCUT2D eigenvalue weighted by molar-refractivity contribution is 7.18. The lowest BCUT2D eigenvalue weighted by atomic mass is 10.1. The van der Waals surface area contributed by atoms with Crippen LogP contribution in [0.5, 0.6) is 11.5 Å². The van der Waals surface area contributed by atoms with E-state index < -0.39 is 12.1 Å². The van der Waals surface area contributed by atoms with E-state index in [9.17, 15) is 4.79 Å². The fraction of sp³-hybridized carbons (Fsp3) is 0.333. The molecule has 0 saturated heterocycles. The van der Waals surface area contributed by atoms with Crippen LogP contribution >= 0.6 is 11.3 Å². The maximum atomic E-state index is 11.0. The number of hydrogen-bond donors (Lipinski definition) is 1. The van der Waals surface area contributed by atoms with Crippen LogP contribution in [0.4, 0.5) is 0 Å². The number of nitrogens with zero attached hydrogens (tertiary/aromatic N) is 1. The number of carboxylic acid groups (broad SMARTS) is 1. The molecule has 1 heterocycles. The number of aliphatic carboxylic acids is 1. The molecule has 6 nitrogen and oxygen atoms in total. The van der Waals surface area contributed by atoms with Crippen molar-refractivity contribution in [2.45, 2.75) is 25.9 Å². The predicted octanol–water partition coefficient (Wildman–Crippen LogP) is 4.09. The fourth-order valence-electron chi connectivity index (χ4n) is 2.76. The summed E-state index contributed by atoms with van der Waals surface area (Å²) in [7, 11) is 1.40. The molecular formula is C21H23NO5S. The van der Waals surface area contributed by atoms with Crippen molar-refractivity contribution < 1.29 is 24.1 Å². The highest BCUT2D eigenvalue weighted by atomic mass is 32.1. The van der Waals surface area contributed by atoms with Crippen LogP contribution in [0.1, 0.15) is 17.0 Å². The van der Waals surface area contributed by atoms with Crippen molar-refractivity contribution in [3.05, 3.63) is 53.0 Å². The highest BCUT2D eigenvalue weighted by Crippen LogP contribution is 2.25. The van der Waals surface area contributed by atoms with Gasteiger partial charge in [-0.05, 0) is 36.8 Å². The van der Waals surface area contributed by atoms with Crippen LogP contribution in [-0.4, -0.2) is 42.5 Å². The number of thiazole rings is 1. The number of fused-ring (bicyclic) bond motifs is 1. The third-order valence-corrected chi connectivity index (χ3v) is 5.15. The van der Waals surface area contributed by atoms with Gasteiger partial charge in [-0.25, -0.2) is 9.78 Å². The van der Waals surface area contributed by atoms with Gasteiger partial charge in [-0.15, -0.1) is 11.3 Å². The summed E-state index contributed by atoms with van der Waals surface area (Å²) in [6.07, 6.45) is 0.236. The maximum Gasteiger partial charge on any atom is 0.333 e. The third-order valence-electron chi connectivity index (χ3n) is 4.20. The lowest BCUT2D eigenvalue weighted by Crippen LogP contribution is -2.24. The van der Waals surface area contributed by atoms with E-state index in [1.165, 1.54) is 7.11 Å². The van der Waals surface area contributed by atoms with Crippen LogP contribution < -0.4 is 9.47 Å². The first-order chi connectivity index (χ1) is 13.5. The van der Waals surface area contributed by atoms with E-state index in [0.29, 0.717) is 19.6 Å². The number of carboxylic acids is 1. The summed E-state index contributed by atoms with van der Waals surface area (Å²) in [5, 5.41) is 10.1. The summed E-state index contributed by atoms with van der Waals surface area (Å²) >= 11 is 1.67. The average Bonchev–Trinajstić information content (AvgIpc) is 3.06. The van der Waals surface area contributed by atoms with E-state index in [2.05, 4.69) is 4.98 Å². The number of carbonyl (C=O) groups is 1. The van der Waals surface area contributed by atoms with Crippen molar-refractivity contribution in [1.82, 2.24) is 4.98 Å². The van der Waals surface area contributed by atoms with Crippen LogP contribution in [-0.2, 0) is 16.0 Å². The molecule has 0 fully saturated rings. The van der Waals surface area contributed by atoms with Crippen molar-refractivity contribution in [3.63, 3.8) is 0 Å². The number of ether oxygens (including phenoxy) is 3. The van der Waals surface area contributed by atoms with E-state index in [0.717, 1.165) is 38.7 Å². The molecule has 0 spiro atoms. The maximum absolute atomic E-state index is 11.0.